The van der Waals surface area contributed by atoms with E-state index in [1.165, 1.54) is 0 Å². The molecule has 1 N–H and O–H groups in total. The Bertz CT molecular complexity index is 596. The van der Waals surface area contributed by atoms with Crippen molar-refractivity contribution in [3.63, 3.8) is 0 Å². The standard InChI is InChI=1S/C7H5Cl2NO5S2/c1-15-7(12)10-6(11)3-4(17(10,13)14)2(8)5(9)16-3/h6,11H,1H3. The highest BCUT2D eigenvalue weighted by molar-refractivity contribution is 7.90. The molecule has 1 amide bonds. The number of aliphatic hydroxyl groups is 1. The highest BCUT2D eigenvalue weighted by Gasteiger charge is 2.49. The van der Waals surface area contributed by atoms with Crippen LogP contribution in [-0.2, 0) is 14.8 Å². The molecule has 1 atom stereocenters. The summed E-state index contributed by atoms with van der Waals surface area (Å²) in [6, 6.07) is 0. The summed E-state index contributed by atoms with van der Waals surface area (Å²) < 4.78 is 28.5. The van der Waals surface area contributed by atoms with Crippen molar-refractivity contribution in [1.29, 1.82) is 0 Å². The first kappa shape index (κ1) is 12.9. The number of methoxy groups -OCH3 is 1. The monoisotopic (exact) mass is 317 g/mol. The fraction of sp³-hybridized carbons (Fsp3) is 0.286. The predicted octanol–water partition coefficient (Wildman–Crippen LogP) is 1.82. The fourth-order valence-corrected chi connectivity index (χ4v) is 5.27. The van der Waals surface area contributed by atoms with Gasteiger partial charge in [-0.1, -0.05) is 23.2 Å². The minimum absolute atomic E-state index is 0.00500. The molecule has 0 bridgehead atoms. The molecule has 1 aromatic heterocycles. The summed E-state index contributed by atoms with van der Waals surface area (Å²) in [6.07, 6.45) is -2.84. The molecule has 0 spiro atoms. The molecule has 1 aromatic rings. The number of rotatable bonds is 0. The summed E-state index contributed by atoms with van der Waals surface area (Å²) in [5.74, 6) is 0. The summed E-state index contributed by atoms with van der Waals surface area (Å²) in [7, 11) is -3.21. The van der Waals surface area contributed by atoms with E-state index in [1.807, 2.05) is 0 Å². The van der Waals surface area contributed by atoms with Crippen molar-refractivity contribution in [3.05, 3.63) is 14.2 Å². The van der Waals surface area contributed by atoms with Gasteiger partial charge in [-0.05, 0) is 0 Å². The van der Waals surface area contributed by atoms with Crippen LogP contribution in [0.15, 0.2) is 4.90 Å². The first-order chi connectivity index (χ1) is 7.82. The molecule has 0 aromatic carbocycles. The second-order valence-corrected chi connectivity index (χ2v) is 6.81. The molecule has 2 rings (SSSR count). The number of amides is 1. The van der Waals surface area contributed by atoms with E-state index in [2.05, 4.69) is 4.74 Å². The topological polar surface area (TPSA) is 83.9 Å². The van der Waals surface area contributed by atoms with Crippen molar-refractivity contribution in [3.8, 4) is 0 Å². The van der Waals surface area contributed by atoms with Crippen LogP contribution in [0.4, 0.5) is 4.79 Å². The summed E-state index contributed by atoms with van der Waals surface area (Å²) in [4.78, 5) is 11.0. The third-order valence-corrected chi connectivity index (χ3v) is 6.20. The van der Waals surface area contributed by atoms with E-state index in [-0.39, 0.29) is 23.4 Å². The SMILES string of the molecule is COC(=O)N1C(O)c2sc(Cl)c(Cl)c2S1(=O)=O. The van der Waals surface area contributed by atoms with Crippen LogP contribution in [0.2, 0.25) is 9.36 Å². The lowest BCUT2D eigenvalue weighted by Gasteiger charge is -2.17. The minimum atomic E-state index is -4.21. The molecule has 0 radical (unpaired) electrons. The largest absolute Gasteiger partial charge is 0.452 e. The number of carbonyl (C=O) groups is 1. The van der Waals surface area contributed by atoms with E-state index in [4.69, 9.17) is 23.2 Å². The van der Waals surface area contributed by atoms with Crippen LogP contribution < -0.4 is 0 Å². The fourth-order valence-electron chi connectivity index (χ4n) is 1.42. The Hall–Kier alpha value is -0.540. The van der Waals surface area contributed by atoms with Gasteiger partial charge in [0.15, 0.2) is 6.23 Å². The Balaban J connectivity index is 2.67. The van der Waals surface area contributed by atoms with E-state index >= 15 is 0 Å². The molecular formula is C7H5Cl2NO5S2. The maximum Gasteiger partial charge on any atom is 0.426 e. The number of ether oxygens (including phenoxy) is 1. The maximum atomic E-state index is 12.0. The molecule has 2 heterocycles. The first-order valence-corrected chi connectivity index (χ1v) is 7.11. The van der Waals surface area contributed by atoms with Gasteiger partial charge in [0.25, 0.3) is 10.0 Å². The van der Waals surface area contributed by atoms with Crippen LogP contribution in [-0.4, -0.2) is 31.0 Å². The number of fused-ring (bicyclic) bond motifs is 1. The number of hydrogen-bond donors (Lipinski definition) is 1. The Kier molecular flexibility index (Phi) is 3.03. The average molecular weight is 318 g/mol. The molecule has 0 aliphatic carbocycles. The molecule has 0 fully saturated rings. The number of hydrogen-bond acceptors (Lipinski definition) is 6. The molecule has 6 nitrogen and oxygen atoms in total. The van der Waals surface area contributed by atoms with Crippen LogP contribution in [0.1, 0.15) is 11.1 Å². The van der Waals surface area contributed by atoms with Gasteiger partial charge in [0.05, 0.1) is 17.0 Å². The van der Waals surface area contributed by atoms with Crippen molar-refractivity contribution >= 4 is 50.7 Å². The number of carbonyl (C=O) groups excluding carboxylic acids is 1. The molecule has 0 saturated heterocycles. The van der Waals surface area contributed by atoms with Gasteiger partial charge in [0.1, 0.15) is 9.23 Å². The van der Waals surface area contributed by atoms with Gasteiger partial charge >= 0.3 is 6.09 Å². The zero-order valence-corrected chi connectivity index (χ0v) is 11.3. The molecule has 17 heavy (non-hydrogen) atoms. The maximum absolute atomic E-state index is 12.0. The lowest BCUT2D eigenvalue weighted by atomic mass is 10.4. The Morgan fingerprint density at radius 1 is 1.53 bits per heavy atom. The van der Waals surface area contributed by atoms with Crippen LogP contribution >= 0.6 is 34.5 Å². The number of sulfonamides is 1. The second-order valence-electron chi connectivity index (χ2n) is 3.03. The Morgan fingerprint density at radius 2 is 2.12 bits per heavy atom. The van der Waals surface area contributed by atoms with Gasteiger partial charge in [-0.25, -0.2) is 13.2 Å². The normalized spacial score (nSPS) is 21.4. The van der Waals surface area contributed by atoms with Crippen LogP contribution in [0.3, 0.4) is 0 Å². The summed E-state index contributed by atoms with van der Waals surface area (Å²) in [6.45, 7) is 0. The van der Waals surface area contributed by atoms with Gasteiger partial charge in [-0.2, -0.15) is 4.31 Å². The predicted molar refractivity (Wildman–Crippen MR) is 60.7 cm³/mol. The van der Waals surface area contributed by atoms with E-state index in [9.17, 15) is 18.3 Å². The lowest BCUT2D eigenvalue weighted by Crippen LogP contribution is -2.34. The van der Waals surface area contributed by atoms with Crippen LogP contribution in [0, 0.1) is 0 Å². The molecule has 10 heteroatoms. The lowest BCUT2D eigenvalue weighted by molar-refractivity contribution is 0.0593. The second kappa shape index (κ2) is 3.99. The highest BCUT2D eigenvalue weighted by Crippen LogP contribution is 2.50. The molecule has 0 saturated carbocycles. The van der Waals surface area contributed by atoms with Gasteiger partial charge < -0.3 is 9.84 Å². The number of thiophene rings is 1. The smallest absolute Gasteiger partial charge is 0.426 e. The quantitative estimate of drug-likeness (QED) is 0.789. The third kappa shape index (κ3) is 1.63. The zero-order chi connectivity index (χ0) is 13.0. The zero-order valence-electron chi connectivity index (χ0n) is 8.18. The van der Waals surface area contributed by atoms with E-state index < -0.39 is 22.3 Å². The molecular weight excluding hydrogens is 313 g/mol. The molecule has 1 unspecified atom stereocenters. The number of nitrogens with zero attached hydrogens (tertiary/aromatic N) is 1. The van der Waals surface area contributed by atoms with E-state index in [1.54, 1.807) is 0 Å². The number of aliphatic hydroxyl groups excluding tert-OH is 1. The van der Waals surface area contributed by atoms with Gasteiger partial charge in [0, 0.05) is 0 Å². The average Bonchev–Trinajstić information content (AvgIpc) is 2.64. The van der Waals surface area contributed by atoms with Crippen molar-refractivity contribution in [2.24, 2.45) is 0 Å². The van der Waals surface area contributed by atoms with E-state index in [0.717, 1.165) is 18.4 Å². The summed E-state index contributed by atoms with van der Waals surface area (Å²) in [5, 5.41) is 9.56. The van der Waals surface area contributed by atoms with Crippen molar-refractivity contribution in [2.75, 3.05) is 7.11 Å². The van der Waals surface area contributed by atoms with Crippen molar-refractivity contribution in [1.82, 2.24) is 4.31 Å². The van der Waals surface area contributed by atoms with Crippen molar-refractivity contribution < 1.29 is 23.1 Å². The Morgan fingerprint density at radius 3 is 2.59 bits per heavy atom. The highest BCUT2D eigenvalue weighted by atomic mass is 35.5. The van der Waals surface area contributed by atoms with E-state index in [0.29, 0.717) is 0 Å². The van der Waals surface area contributed by atoms with Gasteiger partial charge in [-0.3, -0.25) is 0 Å². The van der Waals surface area contributed by atoms with Gasteiger partial charge in [0.2, 0.25) is 0 Å². The van der Waals surface area contributed by atoms with Crippen LogP contribution in [0.5, 0.6) is 0 Å². The summed E-state index contributed by atoms with van der Waals surface area (Å²) >= 11 is 12.2. The van der Waals surface area contributed by atoms with Crippen molar-refractivity contribution in [2.45, 2.75) is 11.1 Å². The number of halogens is 2. The Labute approximate surface area is 110 Å². The summed E-state index contributed by atoms with van der Waals surface area (Å²) in [5.41, 5.74) is 0. The minimum Gasteiger partial charge on any atom is -0.452 e. The first-order valence-electron chi connectivity index (χ1n) is 4.10. The van der Waals surface area contributed by atoms with Gasteiger partial charge in [-0.15, -0.1) is 11.3 Å². The third-order valence-electron chi connectivity index (χ3n) is 2.12. The molecule has 94 valence electrons. The van der Waals surface area contributed by atoms with Crippen LogP contribution in [0.25, 0.3) is 0 Å². The molecule has 1 aliphatic heterocycles. The molecule has 1 aliphatic rings.